The number of fused-ring (bicyclic) bond motifs is 3. The number of aryl methyl sites for hydroxylation is 1. The van der Waals surface area contributed by atoms with Gasteiger partial charge in [-0.3, -0.25) is 4.79 Å². The van der Waals surface area contributed by atoms with E-state index in [9.17, 15) is 4.79 Å². The minimum Gasteiger partial charge on any atom is -0.353 e. The summed E-state index contributed by atoms with van der Waals surface area (Å²) in [6, 6.07) is 8.46. The van der Waals surface area contributed by atoms with Gasteiger partial charge in [-0.05, 0) is 36.6 Å². The van der Waals surface area contributed by atoms with Crippen molar-refractivity contribution in [2.24, 2.45) is 0 Å². The Morgan fingerprint density at radius 1 is 1.26 bits per heavy atom. The lowest BCUT2D eigenvalue weighted by atomic mass is 10.0. The molecule has 1 aromatic heterocycles. The molecule has 0 aliphatic carbocycles. The van der Waals surface area contributed by atoms with Gasteiger partial charge in [0.05, 0.1) is 5.56 Å². The Balaban J connectivity index is 1.65. The highest BCUT2D eigenvalue weighted by Gasteiger charge is 2.32. The second-order valence-electron chi connectivity index (χ2n) is 6.34. The molecule has 2 aliphatic rings. The van der Waals surface area contributed by atoms with E-state index < -0.39 is 0 Å². The first-order valence-electron chi connectivity index (χ1n) is 8.15. The number of amides is 1. The third-order valence-electron chi connectivity index (χ3n) is 4.75. The number of nitrogens with one attached hydrogen (secondary N) is 2. The summed E-state index contributed by atoms with van der Waals surface area (Å²) in [7, 11) is 2.13. The Labute approximate surface area is 140 Å². The maximum Gasteiger partial charge on any atom is 0.256 e. The normalized spacial score (nSPS) is 20.4. The highest BCUT2D eigenvalue weighted by atomic mass is 32.1. The van der Waals surface area contributed by atoms with Crippen LogP contribution in [0.1, 0.15) is 45.0 Å². The zero-order chi connectivity index (χ0) is 16.0. The number of carbonyl (C=O) groups is 1. The Morgan fingerprint density at radius 2 is 2.04 bits per heavy atom. The number of hydrogen-bond acceptors (Lipinski definition) is 4. The molecule has 0 unspecified atom stereocenters. The van der Waals surface area contributed by atoms with Crippen molar-refractivity contribution in [2.75, 3.05) is 18.9 Å². The van der Waals surface area contributed by atoms with Gasteiger partial charge >= 0.3 is 0 Å². The van der Waals surface area contributed by atoms with E-state index >= 15 is 0 Å². The molecule has 0 bridgehead atoms. The number of thiophene rings is 1. The average Bonchev–Trinajstić information content (AvgIpc) is 2.92. The van der Waals surface area contributed by atoms with E-state index in [-0.39, 0.29) is 12.1 Å². The molecule has 1 aromatic carbocycles. The first kappa shape index (κ1) is 14.7. The Bertz CT molecular complexity index is 750. The fourth-order valence-electron chi connectivity index (χ4n) is 3.36. The van der Waals surface area contributed by atoms with Crippen LogP contribution in [0.2, 0.25) is 0 Å². The van der Waals surface area contributed by atoms with Crippen molar-refractivity contribution in [3.05, 3.63) is 51.4 Å². The lowest BCUT2D eigenvalue weighted by Gasteiger charge is -2.27. The van der Waals surface area contributed by atoms with Crippen molar-refractivity contribution >= 4 is 22.2 Å². The van der Waals surface area contributed by atoms with Crippen LogP contribution in [0, 0.1) is 0 Å². The molecule has 3 heterocycles. The van der Waals surface area contributed by atoms with Gasteiger partial charge in [0.15, 0.2) is 0 Å². The van der Waals surface area contributed by atoms with Crippen LogP contribution in [-0.4, -0.2) is 24.4 Å². The summed E-state index contributed by atoms with van der Waals surface area (Å²) < 4.78 is 0. The van der Waals surface area contributed by atoms with Gasteiger partial charge in [0, 0.05) is 18.0 Å². The average molecular weight is 327 g/mol. The highest BCUT2D eigenvalue weighted by molar-refractivity contribution is 7.16. The number of hydrogen-bond donors (Lipinski definition) is 2. The van der Waals surface area contributed by atoms with Gasteiger partial charge in [0.1, 0.15) is 11.2 Å². The SMILES string of the molecule is CCc1ccc([C@H]2NC(=O)c3c(sc4c3CCN(C)C4)N2)cc1. The van der Waals surface area contributed by atoms with Gasteiger partial charge in [0.25, 0.3) is 5.91 Å². The van der Waals surface area contributed by atoms with E-state index in [1.54, 1.807) is 11.3 Å². The van der Waals surface area contributed by atoms with E-state index in [2.05, 4.69) is 53.8 Å². The van der Waals surface area contributed by atoms with E-state index in [0.717, 1.165) is 42.1 Å². The topological polar surface area (TPSA) is 44.4 Å². The monoisotopic (exact) mass is 327 g/mol. The second kappa shape index (κ2) is 5.65. The van der Waals surface area contributed by atoms with E-state index in [1.165, 1.54) is 16.0 Å². The number of nitrogens with zero attached hydrogens (tertiary/aromatic N) is 1. The van der Waals surface area contributed by atoms with Crippen LogP contribution >= 0.6 is 11.3 Å². The molecule has 2 N–H and O–H groups in total. The first-order valence-corrected chi connectivity index (χ1v) is 8.96. The van der Waals surface area contributed by atoms with Crippen molar-refractivity contribution < 1.29 is 4.79 Å². The summed E-state index contributed by atoms with van der Waals surface area (Å²) in [5.74, 6) is 0.0605. The number of benzene rings is 1. The van der Waals surface area contributed by atoms with Crippen molar-refractivity contribution in [3.63, 3.8) is 0 Å². The summed E-state index contributed by atoms with van der Waals surface area (Å²) in [6.07, 6.45) is 1.85. The van der Waals surface area contributed by atoms with E-state index in [4.69, 9.17) is 0 Å². The summed E-state index contributed by atoms with van der Waals surface area (Å²) in [6.45, 7) is 4.11. The zero-order valence-electron chi connectivity index (χ0n) is 13.5. The minimum absolute atomic E-state index is 0.0605. The van der Waals surface area contributed by atoms with Gasteiger partial charge in [-0.25, -0.2) is 0 Å². The van der Waals surface area contributed by atoms with Gasteiger partial charge in [0.2, 0.25) is 0 Å². The predicted molar refractivity (Wildman–Crippen MR) is 94.0 cm³/mol. The highest BCUT2D eigenvalue weighted by Crippen LogP contribution is 2.40. The quantitative estimate of drug-likeness (QED) is 0.890. The summed E-state index contributed by atoms with van der Waals surface area (Å²) >= 11 is 1.74. The molecule has 4 nitrogen and oxygen atoms in total. The minimum atomic E-state index is -0.140. The van der Waals surface area contributed by atoms with Gasteiger partial charge in [-0.1, -0.05) is 31.2 Å². The van der Waals surface area contributed by atoms with Crippen molar-refractivity contribution in [3.8, 4) is 0 Å². The second-order valence-corrected chi connectivity index (χ2v) is 7.45. The van der Waals surface area contributed by atoms with Crippen LogP contribution in [0.5, 0.6) is 0 Å². The summed E-state index contributed by atoms with van der Waals surface area (Å²) in [4.78, 5) is 16.3. The number of carbonyl (C=O) groups excluding carboxylic acids is 1. The Hall–Kier alpha value is -1.85. The van der Waals surface area contributed by atoms with Crippen molar-refractivity contribution in [1.29, 1.82) is 0 Å². The van der Waals surface area contributed by atoms with Crippen LogP contribution in [-0.2, 0) is 19.4 Å². The smallest absolute Gasteiger partial charge is 0.256 e. The largest absolute Gasteiger partial charge is 0.353 e. The molecule has 2 aromatic rings. The van der Waals surface area contributed by atoms with Crippen molar-refractivity contribution in [2.45, 2.75) is 32.5 Å². The molecular formula is C18H21N3OS. The molecule has 0 spiro atoms. The molecule has 4 rings (SSSR count). The molecule has 23 heavy (non-hydrogen) atoms. The number of rotatable bonds is 2. The van der Waals surface area contributed by atoms with Gasteiger partial charge < -0.3 is 15.5 Å². The molecular weight excluding hydrogens is 306 g/mol. The third-order valence-corrected chi connectivity index (χ3v) is 5.89. The van der Waals surface area contributed by atoms with Crippen LogP contribution in [0.3, 0.4) is 0 Å². The maximum absolute atomic E-state index is 12.6. The fraction of sp³-hybridized carbons (Fsp3) is 0.389. The number of likely N-dealkylation sites (N-methyl/N-ethyl adjacent to an activating group) is 1. The molecule has 2 aliphatic heterocycles. The standard InChI is InChI=1S/C18H21N3OS/c1-3-11-4-6-12(7-5-11)16-19-17(22)15-13-8-9-21(2)10-14(13)23-18(15)20-16/h4-7,16,20H,3,8-10H2,1-2H3,(H,19,22)/t16-/m0/s1. The summed E-state index contributed by atoms with van der Waals surface area (Å²) in [5, 5.41) is 7.66. The van der Waals surface area contributed by atoms with Crippen LogP contribution in [0.4, 0.5) is 5.00 Å². The molecule has 0 radical (unpaired) electrons. The van der Waals surface area contributed by atoms with Crippen LogP contribution < -0.4 is 10.6 Å². The van der Waals surface area contributed by atoms with Gasteiger partial charge in [-0.15, -0.1) is 11.3 Å². The summed E-state index contributed by atoms with van der Waals surface area (Å²) in [5.41, 5.74) is 4.53. The lowest BCUT2D eigenvalue weighted by Crippen LogP contribution is -2.38. The molecule has 120 valence electrons. The molecule has 1 atom stereocenters. The van der Waals surface area contributed by atoms with Gasteiger partial charge in [-0.2, -0.15) is 0 Å². The fourth-order valence-corrected chi connectivity index (χ4v) is 4.71. The predicted octanol–water partition coefficient (Wildman–Crippen LogP) is 3.15. The third kappa shape index (κ3) is 2.54. The maximum atomic E-state index is 12.6. The number of anilines is 1. The molecule has 0 saturated heterocycles. The Kier molecular flexibility index (Phi) is 3.62. The van der Waals surface area contributed by atoms with Crippen LogP contribution in [0.25, 0.3) is 0 Å². The Morgan fingerprint density at radius 3 is 2.78 bits per heavy atom. The molecule has 0 fully saturated rings. The first-order chi connectivity index (χ1) is 11.2. The zero-order valence-corrected chi connectivity index (χ0v) is 14.3. The molecule has 0 saturated carbocycles. The van der Waals surface area contributed by atoms with Crippen LogP contribution in [0.15, 0.2) is 24.3 Å². The molecule has 1 amide bonds. The van der Waals surface area contributed by atoms with E-state index in [0.29, 0.717) is 0 Å². The van der Waals surface area contributed by atoms with E-state index in [1.807, 2.05) is 0 Å². The molecule has 5 heteroatoms. The lowest BCUT2D eigenvalue weighted by molar-refractivity contribution is 0.0935. The van der Waals surface area contributed by atoms with Crippen molar-refractivity contribution in [1.82, 2.24) is 10.2 Å².